The highest BCUT2D eigenvalue weighted by atomic mass is 32.2. The van der Waals surface area contributed by atoms with Gasteiger partial charge in [0, 0.05) is 19.2 Å². The molecule has 0 saturated carbocycles. The van der Waals surface area contributed by atoms with Crippen LogP contribution in [0.15, 0.2) is 23.2 Å². The Morgan fingerprint density at radius 3 is 2.35 bits per heavy atom. The SMILES string of the molecule is CCC(=O)NS(=O)(=O)c1ccc(-n2nc(C(F)(F)F)c(C#N)c2NCC(C)(C)C)nc1. The number of sulfonamides is 1. The van der Waals surface area contributed by atoms with E-state index in [-0.39, 0.29) is 34.9 Å². The van der Waals surface area contributed by atoms with Crippen LogP contribution in [-0.2, 0) is 21.0 Å². The van der Waals surface area contributed by atoms with Gasteiger partial charge >= 0.3 is 6.18 Å². The van der Waals surface area contributed by atoms with Crippen LogP contribution in [0.4, 0.5) is 19.0 Å². The molecule has 2 heterocycles. The number of hydrogen-bond donors (Lipinski definition) is 2. The molecular weight excluding hydrogens is 437 g/mol. The van der Waals surface area contributed by atoms with E-state index in [2.05, 4.69) is 15.4 Å². The van der Waals surface area contributed by atoms with Gasteiger partial charge < -0.3 is 5.32 Å². The number of amides is 1. The number of nitrogens with one attached hydrogen (secondary N) is 2. The molecular formula is C18H21F3N6O3S. The molecule has 168 valence electrons. The molecule has 2 aromatic heterocycles. The molecule has 2 aromatic rings. The lowest BCUT2D eigenvalue weighted by molar-refractivity contribution is -0.141. The van der Waals surface area contributed by atoms with Gasteiger partial charge in [-0.15, -0.1) is 0 Å². The van der Waals surface area contributed by atoms with E-state index in [0.29, 0.717) is 0 Å². The minimum absolute atomic E-state index is 0.0575. The number of anilines is 1. The normalized spacial score (nSPS) is 12.3. The fraction of sp³-hybridized carbons (Fsp3) is 0.444. The molecule has 0 aliphatic heterocycles. The number of halogens is 3. The molecule has 0 aromatic carbocycles. The fourth-order valence-corrected chi connectivity index (χ4v) is 3.34. The summed E-state index contributed by atoms with van der Waals surface area (Å²) in [6.45, 7) is 7.24. The van der Waals surface area contributed by atoms with Crippen molar-refractivity contribution in [1.82, 2.24) is 19.5 Å². The van der Waals surface area contributed by atoms with Gasteiger partial charge in [0.05, 0.1) is 0 Å². The van der Waals surface area contributed by atoms with Crippen molar-refractivity contribution < 1.29 is 26.4 Å². The summed E-state index contributed by atoms with van der Waals surface area (Å²) >= 11 is 0. The fourth-order valence-electron chi connectivity index (χ4n) is 2.34. The second kappa shape index (κ2) is 8.54. The highest BCUT2D eigenvalue weighted by molar-refractivity contribution is 7.90. The first-order chi connectivity index (χ1) is 14.2. The number of pyridine rings is 1. The van der Waals surface area contributed by atoms with Crippen LogP contribution < -0.4 is 10.0 Å². The minimum Gasteiger partial charge on any atom is -0.368 e. The summed E-state index contributed by atoms with van der Waals surface area (Å²) in [4.78, 5) is 14.9. The molecule has 0 saturated heterocycles. The smallest absolute Gasteiger partial charge is 0.368 e. The molecule has 0 aliphatic rings. The average molecular weight is 458 g/mol. The number of nitriles is 1. The quantitative estimate of drug-likeness (QED) is 0.681. The predicted molar refractivity (Wildman–Crippen MR) is 105 cm³/mol. The number of aromatic nitrogens is 3. The largest absolute Gasteiger partial charge is 0.436 e. The number of hydrogen-bond acceptors (Lipinski definition) is 7. The van der Waals surface area contributed by atoms with E-state index in [1.165, 1.54) is 13.0 Å². The molecule has 13 heteroatoms. The Morgan fingerprint density at radius 2 is 1.90 bits per heavy atom. The maximum absolute atomic E-state index is 13.4. The molecule has 0 atom stereocenters. The number of rotatable bonds is 6. The molecule has 0 fully saturated rings. The molecule has 2 N–H and O–H groups in total. The Bertz CT molecular complexity index is 1110. The van der Waals surface area contributed by atoms with Crippen LogP contribution in [0.3, 0.4) is 0 Å². The zero-order valence-electron chi connectivity index (χ0n) is 17.2. The Morgan fingerprint density at radius 1 is 1.26 bits per heavy atom. The second-order valence-corrected chi connectivity index (χ2v) is 9.42. The molecule has 0 unspecified atom stereocenters. The highest BCUT2D eigenvalue weighted by Gasteiger charge is 2.40. The van der Waals surface area contributed by atoms with Gasteiger partial charge in [-0.25, -0.2) is 18.1 Å². The molecule has 0 bridgehead atoms. The van der Waals surface area contributed by atoms with E-state index in [1.54, 1.807) is 0 Å². The standard InChI is InChI=1S/C18H21F3N6O3S/c1-5-14(28)26-31(29,30)11-6-7-13(23-9-11)27-16(24-10-17(2,3)4)12(8-22)15(25-27)18(19,20)21/h6-7,9,24H,5,10H2,1-4H3,(H,26,28). The first kappa shape index (κ1) is 24.1. The van der Waals surface area contributed by atoms with Gasteiger partial charge in [0.25, 0.3) is 10.0 Å². The van der Waals surface area contributed by atoms with E-state index >= 15 is 0 Å². The summed E-state index contributed by atoms with van der Waals surface area (Å²) in [6, 6.07) is 3.72. The van der Waals surface area contributed by atoms with Gasteiger partial charge in [-0.2, -0.15) is 28.2 Å². The topological polar surface area (TPSA) is 130 Å². The number of carbonyl (C=O) groups excluding carboxylic acids is 1. The van der Waals surface area contributed by atoms with Crippen molar-refractivity contribution in [3.8, 4) is 11.9 Å². The van der Waals surface area contributed by atoms with Crippen molar-refractivity contribution in [3.05, 3.63) is 29.6 Å². The molecule has 0 aliphatic carbocycles. The third kappa shape index (κ3) is 5.72. The molecule has 31 heavy (non-hydrogen) atoms. The van der Waals surface area contributed by atoms with Crippen LogP contribution in [0, 0.1) is 16.7 Å². The lowest BCUT2D eigenvalue weighted by Gasteiger charge is -2.20. The number of nitrogens with zero attached hydrogens (tertiary/aromatic N) is 4. The third-order valence-corrected chi connectivity index (χ3v) is 5.23. The molecule has 0 radical (unpaired) electrons. The van der Waals surface area contributed by atoms with Crippen molar-refractivity contribution >= 4 is 21.7 Å². The van der Waals surface area contributed by atoms with E-state index in [4.69, 9.17) is 0 Å². The Labute approximate surface area is 177 Å². The lowest BCUT2D eigenvalue weighted by Crippen LogP contribution is -2.29. The summed E-state index contributed by atoms with van der Waals surface area (Å²) < 4.78 is 67.2. The van der Waals surface area contributed by atoms with Crippen LogP contribution in [0.25, 0.3) is 5.82 Å². The Hall–Kier alpha value is -3.14. The van der Waals surface area contributed by atoms with E-state index in [1.807, 2.05) is 25.5 Å². The monoisotopic (exact) mass is 458 g/mol. The zero-order chi connectivity index (χ0) is 23.6. The van der Waals surface area contributed by atoms with Crippen LogP contribution in [0.1, 0.15) is 45.4 Å². The van der Waals surface area contributed by atoms with Gasteiger partial charge in [-0.1, -0.05) is 27.7 Å². The Balaban J connectivity index is 2.55. The van der Waals surface area contributed by atoms with Crippen LogP contribution in [-0.4, -0.2) is 35.6 Å². The second-order valence-electron chi connectivity index (χ2n) is 7.74. The summed E-state index contributed by atoms with van der Waals surface area (Å²) in [7, 11) is -4.18. The molecule has 0 spiro atoms. The van der Waals surface area contributed by atoms with E-state index in [0.717, 1.165) is 23.0 Å². The van der Waals surface area contributed by atoms with Gasteiger partial charge in [0.15, 0.2) is 11.5 Å². The summed E-state index contributed by atoms with van der Waals surface area (Å²) in [5.41, 5.74) is -2.42. The third-order valence-electron chi connectivity index (χ3n) is 3.87. The van der Waals surface area contributed by atoms with Crippen molar-refractivity contribution in [2.75, 3.05) is 11.9 Å². The van der Waals surface area contributed by atoms with Crippen LogP contribution in [0.5, 0.6) is 0 Å². The Kier molecular flexibility index (Phi) is 6.65. The molecule has 9 nitrogen and oxygen atoms in total. The van der Waals surface area contributed by atoms with E-state index in [9.17, 15) is 31.6 Å². The van der Waals surface area contributed by atoms with Crippen molar-refractivity contribution in [2.24, 2.45) is 5.41 Å². The van der Waals surface area contributed by atoms with Gasteiger partial charge in [-0.05, 0) is 17.5 Å². The molecule has 1 amide bonds. The van der Waals surface area contributed by atoms with Crippen molar-refractivity contribution in [3.63, 3.8) is 0 Å². The van der Waals surface area contributed by atoms with Crippen LogP contribution >= 0.6 is 0 Å². The zero-order valence-corrected chi connectivity index (χ0v) is 18.0. The summed E-state index contributed by atoms with van der Waals surface area (Å²) in [6.07, 6.45) is -4.06. The first-order valence-corrected chi connectivity index (χ1v) is 10.5. The maximum atomic E-state index is 13.4. The lowest BCUT2D eigenvalue weighted by atomic mass is 9.97. The van der Waals surface area contributed by atoms with Gasteiger partial charge in [-0.3, -0.25) is 4.79 Å². The summed E-state index contributed by atoms with van der Waals surface area (Å²) in [5.74, 6) is -1.09. The van der Waals surface area contributed by atoms with Crippen molar-refractivity contribution in [1.29, 1.82) is 5.26 Å². The van der Waals surface area contributed by atoms with Crippen LogP contribution in [0.2, 0.25) is 0 Å². The molecule has 2 rings (SSSR count). The predicted octanol–water partition coefficient (Wildman–Crippen LogP) is 2.83. The van der Waals surface area contributed by atoms with Gasteiger partial charge in [0.1, 0.15) is 22.3 Å². The van der Waals surface area contributed by atoms with Crippen molar-refractivity contribution in [2.45, 2.75) is 45.2 Å². The number of carbonyl (C=O) groups is 1. The first-order valence-electron chi connectivity index (χ1n) is 9.06. The maximum Gasteiger partial charge on any atom is 0.436 e. The average Bonchev–Trinajstić information content (AvgIpc) is 3.04. The minimum atomic E-state index is -4.89. The number of alkyl halides is 3. The van der Waals surface area contributed by atoms with Gasteiger partial charge in [0.2, 0.25) is 5.91 Å². The van der Waals surface area contributed by atoms with E-state index < -0.39 is 33.4 Å². The highest BCUT2D eigenvalue weighted by Crippen LogP contribution is 2.35. The summed E-state index contributed by atoms with van der Waals surface area (Å²) in [5, 5.41) is 15.6.